The average molecular weight is 396 g/mol. The lowest BCUT2D eigenvalue weighted by atomic mass is 10.0. The fourth-order valence-electron chi connectivity index (χ4n) is 3.50. The van der Waals surface area contributed by atoms with Crippen molar-refractivity contribution in [3.63, 3.8) is 0 Å². The third kappa shape index (κ3) is 4.88. The molecule has 0 radical (unpaired) electrons. The Hall–Kier alpha value is -3.02. The summed E-state index contributed by atoms with van der Waals surface area (Å²) < 4.78 is 10.6. The first-order valence-corrected chi connectivity index (χ1v) is 9.80. The highest BCUT2D eigenvalue weighted by Crippen LogP contribution is 2.29. The van der Waals surface area contributed by atoms with Gasteiger partial charge in [0.25, 0.3) is 0 Å². The van der Waals surface area contributed by atoms with E-state index in [1.165, 1.54) is 5.56 Å². The number of rotatable bonds is 7. The molecule has 1 heterocycles. The van der Waals surface area contributed by atoms with Gasteiger partial charge in [-0.15, -0.1) is 0 Å². The Morgan fingerprint density at radius 2 is 1.79 bits per heavy atom. The number of hydrogen-bond acceptors (Lipinski definition) is 4. The number of ether oxygens (including phenoxy) is 2. The molecule has 1 atom stereocenters. The maximum atomic E-state index is 12.6. The van der Waals surface area contributed by atoms with E-state index in [-0.39, 0.29) is 24.2 Å². The molecule has 0 aromatic heterocycles. The van der Waals surface area contributed by atoms with Crippen LogP contribution in [0.2, 0.25) is 0 Å². The fraction of sp³-hybridized carbons (Fsp3) is 0.391. The van der Waals surface area contributed by atoms with Crippen molar-refractivity contribution in [3.05, 3.63) is 53.6 Å². The largest absolute Gasteiger partial charge is 0.493 e. The molecule has 3 rings (SSSR count). The predicted molar refractivity (Wildman–Crippen MR) is 112 cm³/mol. The summed E-state index contributed by atoms with van der Waals surface area (Å²) in [5.41, 5.74) is 2.91. The van der Waals surface area contributed by atoms with E-state index < -0.39 is 0 Å². The molecule has 1 saturated heterocycles. The van der Waals surface area contributed by atoms with Gasteiger partial charge in [-0.25, -0.2) is 0 Å². The van der Waals surface area contributed by atoms with Crippen LogP contribution in [0.15, 0.2) is 42.5 Å². The van der Waals surface area contributed by atoms with Gasteiger partial charge in [0.2, 0.25) is 11.8 Å². The van der Waals surface area contributed by atoms with Gasteiger partial charge in [-0.1, -0.05) is 32.0 Å². The molecule has 1 aliphatic rings. The van der Waals surface area contributed by atoms with E-state index >= 15 is 0 Å². The van der Waals surface area contributed by atoms with Crippen LogP contribution in [0.1, 0.15) is 37.3 Å². The summed E-state index contributed by atoms with van der Waals surface area (Å²) in [6.45, 7) is 5.10. The summed E-state index contributed by atoms with van der Waals surface area (Å²) in [4.78, 5) is 26.8. The number of methoxy groups -OCH3 is 2. The zero-order valence-corrected chi connectivity index (χ0v) is 17.4. The van der Waals surface area contributed by atoms with E-state index in [4.69, 9.17) is 9.47 Å². The highest BCUT2D eigenvalue weighted by molar-refractivity contribution is 5.97. The van der Waals surface area contributed by atoms with Gasteiger partial charge in [-0.05, 0) is 41.3 Å². The monoisotopic (exact) mass is 396 g/mol. The first-order chi connectivity index (χ1) is 13.9. The molecule has 2 amide bonds. The van der Waals surface area contributed by atoms with Gasteiger partial charge in [0.15, 0.2) is 11.5 Å². The van der Waals surface area contributed by atoms with Crippen LogP contribution in [0.5, 0.6) is 11.5 Å². The predicted octanol–water partition coefficient (Wildman–Crippen LogP) is 3.81. The number of carbonyl (C=O) groups excluding carboxylic acids is 2. The van der Waals surface area contributed by atoms with Crippen LogP contribution < -0.4 is 14.8 Å². The van der Waals surface area contributed by atoms with Crippen molar-refractivity contribution in [2.24, 2.45) is 5.92 Å². The summed E-state index contributed by atoms with van der Waals surface area (Å²) in [5, 5.41) is 2.93. The first kappa shape index (κ1) is 20.7. The number of amides is 2. The fourth-order valence-corrected chi connectivity index (χ4v) is 3.50. The molecule has 2 aromatic rings. The molecule has 1 N–H and O–H groups in total. The Morgan fingerprint density at radius 3 is 2.41 bits per heavy atom. The molecular formula is C23H28N2O4. The van der Waals surface area contributed by atoms with Crippen molar-refractivity contribution >= 4 is 17.5 Å². The van der Waals surface area contributed by atoms with Gasteiger partial charge in [-0.3, -0.25) is 9.59 Å². The molecule has 1 fully saturated rings. The minimum atomic E-state index is -0.354. The van der Waals surface area contributed by atoms with Crippen molar-refractivity contribution in [1.29, 1.82) is 0 Å². The molecule has 1 unspecified atom stereocenters. The summed E-state index contributed by atoms with van der Waals surface area (Å²) in [6, 6.07) is 13.4. The molecule has 29 heavy (non-hydrogen) atoms. The number of hydrogen-bond donors (Lipinski definition) is 1. The second-order valence-electron chi connectivity index (χ2n) is 7.63. The van der Waals surface area contributed by atoms with Crippen LogP contribution in [0, 0.1) is 5.92 Å². The van der Waals surface area contributed by atoms with Crippen molar-refractivity contribution < 1.29 is 19.1 Å². The Bertz CT molecular complexity index is 877. The summed E-state index contributed by atoms with van der Waals surface area (Å²) in [5.74, 6) is 1.21. The van der Waals surface area contributed by atoms with E-state index in [0.717, 1.165) is 11.3 Å². The molecular weight excluding hydrogens is 368 g/mol. The van der Waals surface area contributed by atoms with Crippen molar-refractivity contribution in [2.75, 3.05) is 26.1 Å². The van der Waals surface area contributed by atoms with Crippen LogP contribution in [0.4, 0.5) is 5.69 Å². The van der Waals surface area contributed by atoms with Crippen molar-refractivity contribution in [1.82, 2.24) is 4.90 Å². The smallest absolute Gasteiger partial charge is 0.229 e. The molecule has 0 bridgehead atoms. The van der Waals surface area contributed by atoms with Gasteiger partial charge < -0.3 is 19.7 Å². The number of nitrogens with zero attached hydrogens (tertiary/aromatic N) is 1. The lowest BCUT2D eigenvalue weighted by molar-refractivity contribution is -0.128. The van der Waals surface area contributed by atoms with Gasteiger partial charge in [-0.2, -0.15) is 0 Å². The van der Waals surface area contributed by atoms with Crippen molar-refractivity contribution in [3.8, 4) is 11.5 Å². The number of likely N-dealkylation sites (tertiary alicyclic amines) is 1. The minimum Gasteiger partial charge on any atom is -0.493 e. The van der Waals surface area contributed by atoms with Crippen LogP contribution in [-0.2, 0) is 16.1 Å². The Kier molecular flexibility index (Phi) is 6.42. The lowest BCUT2D eigenvalue weighted by Gasteiger charge is -2.18. The van der Waals surface area contributed by atoms with Crippen LogP contribution in [0.25, 0.3) is 0 Å². The Morgan fingerprint density at radius 1 is 1.10 bits per heavy atom. The quantitative estimate of drug-likeness (QED) is 0.773. The highest BCUT2D eigenvalue weighted by atomic mass is 16.5. The van der Waals surface area contributed by atoms with Gasteiger partial charge in [0.1, 0.15) is 0 Å². The maximum absolute atomic E-state index is 12.6. The molecule has 154 valence electrons. The van der Waals surface area contributed by atoms with Crippen LogP contribution >= 0.6 is 0 Å². The van der Waals surface area contributed by atoms with Crippen molar-refractivity contribution in [2.45, 2.75) is 32.7 Å². The van der Waals surface area contributed by atoms with E-state index in [2.05, 4.69) is 19.2 Å². The van der Waals surface area contributed by atoms with Crippen LogP contribution in [0.3, 0.4) is 0 Å². The molecule has 6 heteroatoms. The van der Waals surface area contributed by atoms with E-state index in [1.54, 1.807) is 19.1 Å². The van der Waals surface area contributed by atoms with Gasteiger partial charge in [0, 0.05) is 25.2 Å². The van der Waals surface area contributed by atoms with Gasteiger partial charge in [0.05, 0.1) is 20.1 Å². The first-order valence-electron chi connectivity index (χ1n) is 9.80. The molecule has 0 saturated carbocycles. The number of benzene rings is 2. The van der Waals surface area contributed by atoms with E-state index in [9.17, 15) is 9.59 Å². The molecule has 0 aliphatic carbocycles. The summed E-state index contributed by atoms with van der Waals surface area (Å²) in [7, 11) is 3.16. The molecule has 1 aliphatic heterocycles. The minimum absolute atomic E-state index is 0.0184. The number of nitrogens with one attached hydrogen (secondary N) is 1. The third-order valence-corrected chi connectivity index (χ3v) is 5.25. The van der Waals surface area contributed by atoms with E-state index in [0.29, 0.717) is 30.5 Å². The Balaban J connectivity index is 1.61. The molecule has 6 nitrogen and oxygen atoms in total. The SMILES string of the molecule is COc1ccc(CN2CC(C(=O)Nc3ccc(C(C)C)cc3)CC2=O)cc1OC. The standard InChI is InChI=1S/C23H28N2O4/c1-15(2)17-6-8-19(9-7-17)24-23(27)18-12-22(26)25(14-18)13-16-5-10-20(28-3)21(11-16)29-4/h5-11,15,18H,12-14H2,1-4H3,(H,24,27). The number of carbonyl (C=O) groups is 2. The van der Waals surface area contributed by atoms with Gasteiger partial charge >= 0.3 is 0 Å². The van der Waals surface area contributed by atoms with E-state index in [1.807, 2.05) is 42.5 Å². The summed E-state index contributed by atoms with van der Waals surface area (Å²) >= 11 is 0. The second kappa shape index (κ2) is 8.99. The maximum Gasteiger partial charge on any atom is 0.229 e. The summed E-state index contributed by atoms with van der Waals surface area (Å²) in [6.07, 6.45) is 0.225. The second-order valence-corrected chi connectivity index (χ2v) is 7.63. The third-order valence-electron chi connectivity index (χ3n) is 5.25. The Labute approximate surface area is 171 Å². The van der Waals surface area contributed by atoms with Crippen LogP contribution in [-0.4, -0.2) is 37.5 Å². The normalized spacial score (nSPS) is 16.2. The zero-order valence-electron chi connectivity index (χ0n) is 17.4. The number of anilines is 1. The lowest BCUT2D eigenvalue weighted by Crippen LogP contribution is -2.28. The topological polar surface area (TPSA) is 67.9 Å². The molecule has 2 aromatic carbocycles. The zero-order chi connectivity index (χ0) is 21.0. The highest BCUT2D eigenvalue weighted by Gasteiger charge is 2.34. The molecule has 0 spiro atoms. The average Bonchev–Trinajstić information content (AvgIpc) is 3.08.